The van der Waals surface area contributed by atoms with E-state index in [2.05, 4.69) is 20.7 Å². The molecule has 1 atom stereocenters. The Kier molecular flexibility index (Phi) is 4.41. The van der Waals surface area contributed by atoms with E-state index in [0.717, 1.165) is 0 Å². The Labute approximate surface area is 92.8 Å². The van der Waals surface area contributed by atoms with E-state index in [1.54, 1.807) is 0 Å². The van der Waals surface area contributed by atoms with Crippen LogP contribution >= 0.6 is 15.9 Å². The molecule has 0 fully saturated rings. The van der Waals surface area contributed by atoms with Gasteiger partial charge in [0.25, 0.3) is 6.36 Å². The van der Waals surface area contributed by atoms with Crippen molar-refractivity contribution in [3.63, 3.8) is 0 Å². The van der Waals surface area contributed by atoms with Crippen LogP contribution in [0.15, 0.2) is 22.7 Å². The molecule has 6 heteroatoms. The minimum Gasteiger partial charge on any atom is -0.454 e. The smallest absolute Gasteiger partial charge is 0.304 e. The topological polar surface area (TPSA) is 29.5 Å². The lowest BCUT2D eigenvalue weighted by molar-refractivity contribution is -0.0676. The number of alkyl halides is 3. The molecule has 1 aromatic rings. The van der Waals surface area contributed by atoms with Crippen LogP contribution in [0, 0.1) is 0 Å². The van der Waals surface area contributed by atoms with Crippen LogP contribution in [0.3, 0.4) is 0 Å². The van der Waals surface area contributed by atoms with Crippen LogP contribution in [0.25, 0.3) is 0 Å². The monoisotopic (exact) mass is 284 g/mol. The highest BCUT2D eigenvalue weighted by atomic mass is 79.9. The Morgan fingerprint density at radius 2 is 2.00 bits per heavy atom. The Bertz CT molecular complexity index is 333. The SMILES string of the molecule is OCc1cc(Br)ccc1OC(F)C(F)F. The number of benzene rings is 1. The van der Waals surface area contributed by atoms with Crippen LogP contribution in [0.1, 0.15) is 5.56 Å². The van der Waals surface area contributed by atoms with Gasteiger partial charge in [-0.1, -0.05) is 15.9 Å². The van der Waals surface area contributed by atoms with Gasteiger partial charge in [-0.3, -0.25) is 0 Å². The van der Waals surface area contributed by atoms with Gasteiger partial charge in [0.2, 0.25) is 0 Å². The summed E-state index contributed by atoms with van der Waals surface area (Å²) in [4.78, 5) is 0. The third-order valence-electron chi connectivity index (χ3n) is 1.63. The molecule has 0 saturated heterocycles. The molecular formula is C9H8BrF3O2. The number of hydrogen-bond donors (Lipinski definition) is 1. The number of halogens is 4. The van der Waals surface area contributed by atoms with E-state index in [1.165, 1.54) is 18.2 Å². The maximum Gasteiger partial charge on any atom is 0.304 e. The number of hydrogen-bond acceptors (Lipinski definition) is 2. The van der Waals surface area contributed by atoms with Gasteiger partial charge in [-0.2, -0.15) is 4.39 Å². The second kappa shape index (κ2) is 5.37. The Morgan fingerprint density at radius 1 is 1.33 bits per heavy atom. The number of aliphatic hydroxyl groups is 1. The Balaban J connectivity index is 2.84. The minimum atomic E-state index is -3.21. The summed E-state index contributed by atoms with van der Waals surface area (Å²) in [6.07, 6.45) is -5.89. The second-order valence-corrected chi connectivity index (χ2v) is 3.63. The van der Waals surface area contributed by atoms with E-state index in [9.17, 15) is 13.2 Å². The molecule has 0 aliphatic carbocycles. The molecule has 0 aliphatic heterocycles. The first-order chi connectivity index (χ1) is 7.04. The molecule has 1 unspecified atom stereocenters. The molecule has 0 amide bonds. The second-order valence-electron chi connectivity index (χ2n) is 2.71. The molecule has 1 N–H and O–H groups in total. The number of rotatable bonds is 4. The van der Waals surface area contributed by atoms with Crippen LogP contribution in [0.2, 0.25) is 0 Å². The van der Waals surface area contributed by atoms with E-state index in [-0.39, 0.29) is 11.3 Å². The van der Waals surface area contributed by atoms with Crippen LogP contribution < -0.4 is 4.74 Å². The molecular weight excluding hydrogens is 277 g/mol. The summed E-state index contributed by atoms with van der Waals surface area (Å²) in [7, 11) is 0. The molecule has 0 spiro atoms. The maximum absolute atomic E-state index is 12.6. The Hall–Kier alpha value is -0.750. The van der Waals surface area contributed by atoms with Crippen molar-refractivity contribution >= 4 is 15.9 Å². The predicted octanol–water partition coefficient (Wildman–Crippen LogP) is 2.88. The summed E-state index contributed by atoms with van der Waals surface area (Å²) in [5.74, 6) is -0.0894. The fraction of sp³-hybridized carbons (Fsp3) is 0.333. The van der Waals surface area contributed by atoms with Crippen LogP contribution in [-0.4, -0.2) is 17.9 Å². The van der Waals surface area contributed by atoms with Crippen LogP contribution in [0.4, 0.5) is 13.2 Å². The van der Waals surface area contributed by atoms with Crippen LogP contribution in [-0.2, 0) is 6.61 Å². The van der Waals surface area contributed by atoms with Gasteiger partial charge in [0, 0.05) is 10.0 Å². The summed E-state index contributed by atoms with van der Waals surface area (Å²) in [5, 5.41) is 8.88. The highest BCUT2D eigenvalue weighted by Gasteiger charge is 2.21. The minimum absolute atomic E-state index is 0.0894. The zero-order valence-corrected chi connectivity index (χ0v) is 9.05. The first kappa shape index (κ1) is 12.3. The number of ether oxygens (including phenoxy) is 1. The molecule has 2 nitrogen and oxygen atoms in total. The zero-order chi connectivity index (χ0) is 11.4. The lowest BCUT2D eigenvalue weighted by atomic mass is 10.2. The van der Waals surface area contributed by atoms with Gasteiger partial charge in [-0.15, -0.1) is 0 Å². The molecule has 0 heterocycles. The van der Waals surface area contributed by atoms with E-state index >= 15 is 0 Å². The van der Waals surface area contributed by atoms with Crippen molar-refractivity contribution in [3.8, 4) is 5.75 Å². The van der Waals surface area contributed by atoms with Crippen molar-refractivity contribution in [3.05, 3.63) is 28.2 Å². The van der Waals surface area contributed by atoms with Crippen molar-refractivity contribution in [1.29, 1.82) is 0 Å². The molecule has 0 bridgehead atoms. The molecule has 84 valence electrons. The first-order valence-electron chi connectivity index (χ1n) is 4.02. The molecule has 1 rings (SSSR count). The average molecular weight is 285 g/mol. The fourth-order valence-corrected chi connectivity index (χ4v) is 1.37. The van der Waals surface area contributed by atoms with Gasteiger partial charge in [0.15, 0.2) is 0 Å². The molecule has 15 heavy (non-hydrogen) atoms. The van der Waals surface area contributed by atoms with Gasteiger partial charge >= 0.3 is 6.43 Å². The summed E-state index contributed by atoms with van der Waals surface area (Å²) in [5.41, 5.74) is 0.243. The quantitative estimate of drug-likeness (QED) is 0.921. The average Bonchev–Trinajstić information content (AvgIpc) is 2.20. The van der Waals surface area contributed by atoms with Gasteiger partial charge < -0.3 is 9.84 Å². The molecule has 0 radical (unpaired) electrons. The third kappa shape index (κ3) is 3.39. The maximum atomic E-state index is 12.6. The highest BCUT2D eigenvalue weighted by Crippen LogP contribution is 2.25. The van der Waals surface area contributed by atoms with Crippen molar-refractivity contribution < 1.29 is 23.0 Å². The van der Waals surface area contributed by atoms with Gasteiger partial charge in [-0.25, -0.2) is 8.78 Å². The van der Waals surface area contributed by atoms with Gasteiger partial charge in [0.05, 0.1) is 6.61 Å². The molecule has 0 aliphatic rings. The molecule has 0 aromatic heterocycles. The summed E-state index contributed by atoms with van der Waals surface area (Å²) < 4.78 is 41.3. The highest BCUT2D eigenvalue weighted by molar-refractivity contribution is 9.10. The fourth-order valence-electron chi connectivity index (χ4n) is 0.959. The van der Waals surface area contributed by atoms with E-state index < -0.39 is 19.4 Å². The summed E-state index contributed by atoms with van der Waals surface area (Å²) >= 11 is 3.12. The number of aliphatic hydroxyl groups excluding tert-OH is 1. The Morgan fingerprint density at radius 3 is 2.53 bits per heavy atom. The van der Waals surface area contributed by atoms with Crippen molar-refractivity contribution in [2.24, 2.45) is 0 Å². The van der Waals surface area contributed by atoms with E-state index in [1.807, 2.05) is 0 Å². The van der Waals surface area contributed by atoms with E-state index in [0.29, 0.717) is 4.47 Å². The van der Waals surface area contributed by atoms with E-state index in [4.69, 9.17) is 5.11 Å². The predicted molar refractivity (Wildman–Crippen MR) is 51.6 cm³/mol. The summed E-state index contributed by atoms with van der Waals surface area (Å²) in [6.45, 7) is -0.412. The van der Waals surface area contributed by atoms with Crippen molar-refractivity contribution in [2.45, 2.75) is 19.4 Å². The van der Waals surface area contributed by atoms with Gasteiger partial charge in [-0.05, 0) is 18.2 Å². The summed E-state index contributed by atoms with van der Waals surface area (Å²) in [6, 6.07) is 4.28. The molecule has 1 aromatic carbocycles. The van der Waals surface area contributed by atoms with Gasteiger partial charge in [0.1, 0.15) is 5.75 Å². The lowest BCUT2D eigenvalue weighted by Crippen LogP contribution is -2.20. The van der Waals surface area contributed by atoms with Crippen LogP contribution in [0.5, 0.6) is 5.75 Å². The zero-order valence-electron chi connectivity index (χ0n) is 7.46. The largest absolute Gasteiger partial charge is 0.454 e. The van der Waals surface area contributed by atoms with Crippen molar-refractivity contribution in [1.82, 2.24) is 0 Å². The standard InChI is InChI=1S/C9H8BrF3O2/c10-6-1-2-7(5(3-6)4-14)15-9(13)8(11)12/h1-3,8-9,14H,4H2. The normalized spacial score (nSPS) is 12.9. The first-order valence-corrected chi connectivity index (χ1v) is 4.82. The van der Waals surface area contributed by atoms with Crippen molar-refractivity contribution in [2.75, 3.05) is 0 Å². The molecule has 0 saturated carbocycles. The third-order valence-corrected chi connectivity index (χ3v) is 2.12. The lowest BCUT2D eigenvalue weighted by Gasteiger charge is -2.13.